The van der Waals surface area contributed by atoms with Crippen molar-refractivity contribution in [2.75, 3.05) is 25.0 Å². The molecule has 1 fully saturated rings. The highest BCUT2D eigenvalue weighted by Crippen LogP contribution is 2.31. The van der Waals surface area contributed by atoms with Crippen LogP contribution in [0.15, 0.2) is 18.2 Å². The molecule has 0 heterocycles. The fraction of sp³-hybridized carbons (Fsp3) is 0.625. The summed E-state index contributed by atoms with van der Waals surface area (Å²) in [5.41, 5.74) is 2.29. The minimum Gasteiger partial charge on any atom is -0.393 e. The first-order valence-electron chi connectivity index (χ1n) is 7.43. The first-order valence-corrected chi connectivity index (χ1v) is 7.81. The van der Waals surface area contributed by atoms with Gasteiger partial charge in [0.1, 0.15) is 0 Å². The Hall–Kier alpha value is -0.770. The van der Waals surface area contributed by atoms with Gasteiger partial charge in [-0.1, -0.05) is 24.6 Å². The van der Waals surface area contributed by atoms with Crippen molar-refractivity contribution >= 4 is 17.3 Å². The van der Waals surface area contributed by atoms with Gasteiger partial charge in [-0.15, -0.1) is 0 Å². The van der Waals surface area contributed by atoms with Crippen molar-refractivity contribution in [3.05, 3.63) is 28.8 Å². The lowest BCUT2D eigenvalue weighted by atomic mass is 9.82. The highest BCUT2D eigenvalue weighted by Gasteiger charge is 2.28. The molecule has 0 bridgehead atoms. The average molecular weight is 297 g/mol. The fourth-order valence-electron chi connectivity index (χ4n) is 2.86. The zero-order valence-corrected chi connectivity index (χ0v) is 13.3. The molecule has 1 atom stereocenters. The van der Waals surface area contributed by atoms with E-state index in [-0.39, 0.29) is 12.1 Å². The van der Waals surface area contributed by atoms with Gasteiger partial charge in [0.15, 0.2) is 0 Å². The molecule has 2 rings (SSSR count). The van der Waals surface area contributed by atoms with Crippen molar-refractivity contribution in [1.29, 1.82) is 0 Å². The molecule has 1 unspecified atom stereocenters. The van der Waals surface area contributed by atoms with E-state index in [1.165, 1.54) is 0 Å². The third kappa shape index (κ3) is 3.66. The van der Waals surface area contributed by atoms with Gasteiger partial charge in [0.25, 0.3) is 0 Å². The molecular formula is C16H25ClN2O. The quantitative estimate of drug-likeness (QED) is 0.846. The molecule has 3 nitrogen and oxygen atoms in total. The maximum absolute atomic E-state index is 9.35. The fourth-order valence-corrected chi connectivity index (χ4v) is 3.20. The van der Waals surface area contributed by atoms with E-state index in [1.54, 1.807) is 0 Å². The van der Waals surface area contributed by atoms with Gasteiger partial charge in [0.2, 0.25) is 0 Å². The maximum Gasteiger partial charge on any atom is 0.0546 e. The lowest BCUT2D eigenvalue weighted by Gasteiger charge is -2.35. The van der Waals surface area contributed by atoms with Crippen molar-refractivity contribution in [3.8, 4) is 0 Å². The van der Waals surface area contributed by atoms with E-state index in [9.17, 15) is 5.11 Å². The van der Waals surface area contributed by atoms with Crippen LogP contribution in [0.25, 0.3) is 0 Å². The third-order valence-electron chi connectivity index (χ3n) is 4.14. The van der Waals surface area contributed by atoms with E-state index >= 15 is 0 Å². The van der Waals surface area contributed by atoms with E-state index in [2.05, 4.69) is 43.2 Å². The molecule has 1 aromatic carbocycles. The summed E-state index contributed by atoms with van der Waals surface area (Å²) in [4.78, 5) is 2.23. The predicted molar refractivity (Wildman–Crippen MR) is 85.5 cm³/mol. The van der Waals surface area contributed by atoms with E-state index < -0.39 is 0 Å². The monoisotopic (exact) mass is 296 g/mol. The number of nitrogens with one attached hydrogen (secondary N) is 1. The molecule has 0 amide bonds. The Morgan fingerprint density at radius 1 is 1.45 bits per heavy atom. The third-order valence-corrected chi connectivity index (χ3v) is 4.47. The highest BCUT2D eigenvalue weighted by molar-refractivity contribution is 6.31. The summed E-state index contributed by atoms with van der Waals surface area (Å²) in [7, 11) is 2.09. The number of hydrogen-bond donors (Lipinski definition) is 2. The number of halogens is 1. The first kappa shape index (κ1) is 15.6. The summed E-state index contributed by atoms with van der Waals surface area (Å²) in [6.45, 7) is 6.14. The van der Waals surface area contributed by atoms with Crippen molar-refractivity contribution in [2.24, 2.45) is 5.92 Å². The second-order valence-electron chi connectivity index (χ2n) is 5.86. The van der Waals surface area contributed by atoms with Crippen LogP contribution >= 0.6 is 11.6 Å². The number of aliphatic hydroxyl groups is 1. The predicted octanol–water partition coefficient (Wildman–Crippen LogP) is 3.22. The Labute approximate surface area is 126 Å². The van der Waals surface area contributed by atoms with Crippen LogP contribution in [0.4, 0.5) is 5.69 Å². The lowest BCUT2D eigenvalue weighted by molar-refractivity contribution is 0.0465. The second kappa shape index (κ2) is 6.79. The molecule has 112 valence electrons. The number of benzene rings is 1. The number of hydrogen-bond acceptors (Lipinski definition) is 3. The molecule has 0 radical (unpaired) electrons. The normalized spacial score (nSPS) is 23.2. The average Bonchev–Trinajstić information content (AvgIpc) is 2.36. The molecule has 0 aromatic heterocycles. The van der Waals surface area contributed by atoms with Gasteiger partial charge in [-0.05, 0) is 49.9 Å². The van der Waals surface area contributed by atoms with Crippen LogP contribution in [0.2, 0.25) is 5.02 Å². The van der Waals surface area contributed by atoms with Crippen molar-refractivity contribution in [3.63, 3.8) is 0 Å². The Kier molecular flexibility index (Phi) is 5.30. The van der Waals surface area contributed by atoms with Crippen LogP contribution in [0, 0.1) is 5.92 Å². The lowest BCUT2D eigenvalue weighted by Crippen LogP contribution is -2.37. The number of nitrogens with zero attached hydrogens (tertiary/aromatic N) is 1. The largest absolute Gasteiger partial charge is 0.393 e. The molecule has 4 heteroatoms. The van der Waals surface area contributed by atoms with Gasteiger partial charge in [0, 0.05) is 30.3 Å². The molecule has 0 saturated heterocycles. The zero-order valence-electron chi connectivity index (χ0n) is 12.6. The van der Waals surface area contributed by atoms with Crippen LogP contribution in [0.5, 0.6) is 0 Å². The summed E-state index contributed by atoms with van der Waals surface area (Å²) in [6.07, 6.45) is 1.77. The van der Waals surface area contributed by atoms with Crippen LogP contribution in [0.3, 0.4) is 0 Å². The Morgan fingerprint density at radius 3 is 2.70 bits per heavy atom. The van der Waals surface area contributed by atoms with Crippen molar-refractivity contribution in [2.45, 2.75) is 38.8 Å². The summed E-state index contributed by atoms with van der Waals surface area (Å²) in [5, 5.41) is 13.5. The van der Waals surface area contributed by atoms with Crippen LogP contribution in [0.1, 0.15) is 38.3 Å². The van der Waals surface area contributed by atoms with E-state index in [0.29, 0.717) is 5.92 Å². The van der Waals surface area contributed by atoms with Gasteiger partial charge < -0.3 is 15.3 Å². The maximum atomic E-state index is 9.35. The minimum absolute atomic E-state index is 0.0830. The Morgan fingerprint density at radius 2 is 2.15 bits per heavy atom. The Balaban J connectivity index is 2.00. The van der Waals surface area contributed by atoms with Gasteiger partial charge in [-0.2, -0.15) is 0 Å². The van der Waals surface area contributed by atoms with Crippen molar-refractivity contribution in [1.82, 2.24) is 5.32 Å². The number of rotatable bonds is 6. The molecule has 1 aromatic rings. The SMILES string of the molecule is CCNC(C)c1ccc(N(C)CC2CC(O)C2)cc1Cl. The molecule has 0 spiro atoms. The van der Waals surface area contributed by atoms with Crippen LogP contribution < -0.4 is 10.2 Å². The topological polar surface area (TPSA) is 35.5 Å². The second-order valence-corrected chi connectivity index (χ2v) is 6.26. The summed E-state index contributed by atoms with van der Waals surface area (Å²) >= 11 is 6.40. The van der Waals surface area contributed by atoms with Crippen LogP contribution in [-0.4, -0.2) is 31.3 Å². The van der Waals surface area contributed by atoms with E-state index in [4.69, 9.17) is 11.6 Å². The van der Waals surface area contributed by atoms with Gasteiger partial charge in [-0.25, -0.2) is 0 Å². The van der Waals surface area contributed by atoms with Gasteiger partial charge in [0.05, 0.1) is 6.10 Å². The Bertz CT molecular complexity index is 446. The number of anilines is 1. The summed E-state index contributed by atoms with van der Waals surface area (Å²) in [5.74, 6) is 0.606. The smallest absolute Gasteiger partial charge is 0.0546 e. The minimum atomic E-state index is -0.0830. The molecule has 0 aliphatic heterocycles. The summed E-state index contributed by atoms with van der Waals surface area (Å²) in [6, 6.07) is 6.55. The molecular weight excluding hydrogens is 272 g/mol. The van der Waals surface area contributed by atoms with Gasteiger partial charge >= 0.3 is 0 Å². The van der Waals surface area contributed by atoms with Crippen LogP contribution in [-0.2, 0) is 0 Å². The van der Waals surface area contributed by atoms with Gasteiger partial charge in [-0.3, -0.25) is 0 Å². The molecule has 20 heavy (non-hydrogen) atoms. The van der Waals surface area contributed by atoms with Crippen molar-refractivity contribution < 1.29 is 5.11 Å². The molecule has 1 saturated carbocycles. The standard InChI is InChI=1S/C16H25ClN2O/c1-4-18-11(2)15-6-5-13(9-16(15)17)19(3)10-12-7-14(20)8-12/h5-6,9,11-12,14,18,20H,4,7-8,10H2,1-3H3. The summed E-state index contributed by atoms with van der Waals surface area (Å²) < 4.78 is 0. The zero-order chi connectivity index (χ0) is 14.7. The highest BCUT2D eigenvalue weighted by atomic mass is 35.5. The molecule has 2 N–H and O–H groups in total. The number of aliphatic hydroxyl groups excluding tert-OH is 1. The molecule has 1 aliphatic carbocycles. The van der Waals surface area contributed by atoms with E-state index in [1.807, 2.05) is 6.07 Å². The first-order chi connectivity index (χ1) is 9.51. The molecule has 1 aliphatic rings. The van der Waals surface area contributed by atoms with E-state index in [0.717, 1.165) is 42.2 Å².